The minimum absolute atomic E-state index is 0.0655. The van der Waals surface area contributed by atoms with E-state index in [2.05, 4.69) is 9.97 Å². The lowest BCUT2D eigenvalue weighted by Gasteiger charge is -2.20. The second kappa shape index (κ2) is 5.22. The summed E-state index contributed by atoms with van der Waals surface area (Å²) in [6, 6.07) is 1.54. The Labute approximate surface area is 129 Å². The van der Waals surface area contributed by atoms with Gasteiger partial charge in [-0.05, 0) is 31.7 Å². The Morgan fingerprint density at radius 2 is 2.22 bits per heavy atom. The van der Waals surface area contributed by atoms with Crippen LogP contribution in [0.15, 0.2) is 12.4 Å². The zero-order chi connectivity index (χ0) is 16.8. The van der Waals surface area contributed by atoms with Gasteiger partial charge in [0.05, 0.1) is 0 Å². The van der Waals surface area contributed by atoms with E-state index in [1.165, 1.54) is 16.8 Å². The van der Waals surface area contributed by atoms with E-state index < -0.39 is 24.0 Å². The number of carbonyl (C=O) groups is 1. The smallest absolute Gasteiger partial charge is 0.339 e. The van der Waals surface area contributed by atoms with Gasteiger partial charge in [0.15, 0.2) is 11.3 Å². The van der Waals surface area contributed by atoms with E-state index in [-0.39, 0.29) is 17.0 Å². The Balaban J connectivity index is 1.95. The number of nitrogens with one attached hydrogen (secondary N) is 1. The maximum Gasteiger partial charge on any atom is 0.408 e. The van der Waals surface area contributed by atoms with Crippen molar-refractivity contribution in [2.24, 2.45) is 5.92 Å². The number of aromatic nitrogens is 3. The number of hydrogen-bond acceptors (Lipinski definition) is 4. The largest absolute Gasteiger partial charge is 0.408 e. The monoisotopic (exact) mass is 323 g/mol. The molecule has 1 unspecified atom stereocenters. The molecule has 1 aliphatic rings. The van der Waals surface area contributed by atoms with E-state index >= 15 is 0 Å². The predicted octanol–water partition coefficient (Wildman–Crippen LogP) is 1.98. The third-order valence-corrected chi connectivity index (χ3v) is 3.69. The number of fused-ring (bicyclic) bond motifs is 1. The minimum atomic E-state index is -4.51. The van der Waals surface area contributed by atoms with Gasteiger partial charge in [-0.3, -0.25) is 9.20 Å². The molecule has 2 aromatic rings. The highest BCUT2D eigenvalue weighted by Gasteiger charge is 2.50. The lowest BCUT2D eigenvalue weighted by molar-refractivity contribution is -0.158. The summed E-state index contributed by atoms with van der Waals surface area (Å²) in [5.41, 5.74) is 0.516. The van der Waals surface area contributed by atoms with Gasteiger partial charge in [0.25, 0.3) is 5.91 Å². The molecule has 1 saturated carbocycles. The molecular formula is C14H12F3N5O. The van der Waals surface area contributed by atoms with E-state index in [4.69, 9.17) is 5.26 Å². The van der Waals surface area contributed by atoms with Crippen molar-refractivity contribution >= 4 is 11.6 Å². The van der Waals surface area contributed by atoms with Crippen molar-refractivity contribution in [2.45, 2.75) is 32.0 Å². The van der Waals surface area contributed by atoms with Crippen LogP contribution in [0.25, 0.3) is 5.65 Å². The van der Waals surface area contributed by atoms with E-state index in [9.17, 15) is 18.0 Å². The predicted molar refractivity (Wildman–Crippen MR) is 72.5 cm³/mol. The number of nitrogens with zero attached hydrogens (tertiary/aromatic N) is 4. The van der Waals surface area contributed by atoms with Crippen molar-refractivity contribution in [3.05, 3.63) is 29.5 Å². The molecule has 0 saturated heterocycles. The number of alkyl halides is 3. The quantitative estimate of drug-likeness (QED) is 0.936. The summed E-state index contributed by atoms with van der Waals surface area (Å²) in [6.07, 6.45) is -2.43. The van der Waals surface area contributed by atoms with Gasteiger partial charge < -0.3 is 5.32 Å². The molecule has 120 valence electrons. The number of aryl methyl sites for hydroxylation is 1. The average molecular weight is 323 g/mol. The molecule has 1 atom stereocenters. The molecule has 0 aromatic carbocycles. The van der Waals surface area contributed by atoms with Crippen LogP contribution in [-0.2, 0) is 0 Å². The molecule has 6 nitrogen and oxygen atoms in total. The van der Waals surface area contributed by atoms with E-state index in [0.717, 1.165) is 0 Å². The van der Waals surface area contributed by atoms with Gasteiger partial charge in [-0.15, -0.1) is 0 Å². The number of hydrogen-bond donors (Lipinski definition) is 1. The van der Waals surface area contributed by atoms with Crippen LogP contribution in [0.1, 0.15) is 34.7 Å². The van der Waals surface area contributed by atoms with Crippen LogP contribution in [0.3, 0.4) is 0 Å². The van der Waals surface area contributed by atoms with Crippen LogP contribution in [0.2, 0.25) is 0 Å². The van der Waals surface area contributed by atoms with Crippen LogP contribution in [-0.4, -0.2) is 32.5 Å². The molecule has 1 fully saturated rings. The summed E-state index contributed by atoms with van der Waals surface area (Å²) in [5.74, 6) is -1.53. The topological polar surface area (TPSA) is 83.1 Å². The summed E-state index contributed by atoms with van der Waals surface area (Å²) in [5, 5.41) is 11.1. The first kappa shape index (κ1) is 15.3. The first-order valence-electron chi connectivity index (χ1n) is 6.93. The molecule has 0 bridgehead atoms. The number of rotatable bonds is 3. The molecule has 1 N–H and O–H groups in total. The van der Waals surface area contributed by atoms with Crippen molar-refractivity contribution in [1.29, 1.82) is 5.26 Å². The lowest BCUT2D eigenvalue weighted by Crippen LogP contribution is -2.47. The minimum Gasteiger partial charge on any atom is -0.339 e. The molecule has 2 heterocycles. The highest BCUT2D eigenvalue weighted by Crippen LogP contribution is 2.40. The number of amides is 1. The van der Waals surface area contributed by atoms with Gasteiger partial charge >= 0.3 is 6.18 Å². The summed E-state index contributed by atoms with van der Waals surface area (Å²) in [7, 11) is 0. The molecule has 2 aromatic heterocycles. The summed E-state index contributed by atoms with van der Waals surface area (Å²) >= 11 is 0. The van der Waals surface area contributed by atoms with Crippen LogP contribution in [0.4, 0.5) is 13.2 Å². The number of nitriles is 1. The fraction of sp³-hybridized carbons (Fsp3) is 0.429. The Morgan fingerprint density at radius 1 is 1.52 bits per heavy atom. The zero-order valence-corrected chi connectivity index (χ0v) is 12.1. The molecule has 0 spiro atoms. The van der Waals surface area contributed by atoms with Gasteiger partial charge in [0.2, 0.25) is 0 Å². The Morgan fingerprint density at radius 3 is 2.78 bits per heavy atom. The van der Waals surface area contributed by atoms with Gasteiger partial charge in [-0.1, -0.05) is 0 Å². The van der Waals surface area contributed by atoms with Crippen LogP contribution >= 0.6 is 0 Å². The van der Waals surface area contributed by atoms with Gasteiger partial charge in [0.1, 0.15) is 24.1 Å². The number of halogens is 3. The molecular weight excluding hydrogens is 311 g/mol. The summed E-state index contributed by atoms with van der Waals surface area (Å²) in [4.78, 5) is 20.1. The zero-order valence-electron chi connectivity index (χ0n) is 12.1. The van der Waals surface area contributed by atoms with Crippen molar-refractivity contribution < 1.29 is 18.0 Å². The fourth-order valence-electron chi connectivity index (χ4n) is 2.44. The lowest BCUT2D eigenvalue weighted by atomic mass is 10.1. The fourth-order valence-corrected chi connectivity index (χ4v) is 2.44. The van der Waals surface area contributed by atoms with Crippen molar-refractivity contribution in [3.8, 4) is 6.07 Å². The van der Waals surface area contributed by atoms with Gasteiger partial charge in [-0.2, -0.15) is 18.4 Å². The molecule has 0 aliphatic heterocycles. The third-order valence-electron chi connectivity index (χ3n) is 3.69. The van der Waals surface area contributed by atoms with E-state index in [0.29, 0.717) is 18.5 Å². The average Bonchev–Trinajstić information content (AvgIpc) is 3.21. The van der Waals surface area contributed by atoms with E-state index in [1.807, 2.05) is 11.4 Å². The first-order valence-corrected chi connectivity index (χ1v) is 6.93. The Hall–Kier alpha value is -2.63. The third kappa shape index (κ3) is 2.84. The van der Waals surface area contributed by atoms with Crippen molar-refractivity contribution in [1.82, 2.24) is 19.7 Å². The maximum atomic E-state index is 13.0. The Bertz CT molecular complexity index is 816. The van der Waals surface area contributed by atoms with Gasteiger partial charge in [-0.25, -0.2) is 9.97 Å². The molecule has 3 rings (SSSR count). The van der Waals surface area contributed by atoms with Crippen molar-refractivity contribution in [3.63, 3.8) is 0 Å². The number of imidazole rings is 1. The highest BCUT2D eigenvalue weighted by atomic mass is 19.4. The normalized spacial score (nSPS) is 16.1. The van der Waals surface area contributed by atoms with Gasteiger partial charge in [0, 0.05) is 5.69 Å². The maximum absolute atomic E-state index is 13.0. The van der Waals surface area contributed by atoms with Crippen LogP contribution in [0, 0.1) is 24.2 Å². The summed E-state index contributed by atoms with van der Waals surface area (Å²) < 4.78 is 40.3. The second-order valence-electron chi connectivity index (χ2n) is 5.51. The van der Waals surface area contributed by atoms with Crippen LogP contribution < -0.4 is 5.32 Å². The molecule has 1 amide bonds. The Kier molecular flexibility index (Phi) is 3.47. The number of carbonyl (C=O) groups excluding carboxylic acids is 1. The SMILES string of the molecule is Cc1cc(C#N)n2cnc(C(=O)NC(C3CC3)C(F)(F)F)c2n1. The molecule has 23 heavy (non-hydrogen) atoms. The van der Waals surface area contributed by atoms with E-state index in [1.54, 1.807) is 6.92 Å². The first-order chi connectivity index (χ1) is 10.8. The molecule has 1 aliphatic carbocycles. The summed E-state index contributed by atoms with van der Waals surface area (Å²) in [6.45, 7) is 1.62. The standard InChI is InChI=1S/C14H12F3N5O/c1-7-4-9(5-18)22-6-19-10(12(22)20-7)13(23)21-11(8-2-3-8)14(15,16)17/h4,6,8,11H,2-3H2,1H3,(H,21,23). The van der Waals surface area contributed by atoms with Crippen molar-refractivity contribution in [2.75, 3.05) is 0 Å². The second-order valence-corrected chi connectivity index (χ2v) is 5.51. The highest BCUT2D eigenvalue weighted by molar-refractivity contribution is 5.98. The van der Waals surface area contributed by atoms with Crippen LogP contribution in [0.5, 0.6) is 0 Å². The molecule has 9 heteroatoms. The molecule has 0 radical (unpaired) electrons.